The second-order valence-corrected chi connectivity index (χ2v) is 5.36. The van der Waals surface area contributed by atoms with E-state index in [9.17, 15) is 14.7 Å². The molecule has 0 spiro atoms. The summed E-state index contributed by atoms with van der Waals surface area (Å²) in [6.45, 7) is 5.51. The standard InChI is InChI=1S/C16H20N4O3/c1-4-7-13-14(16(22)23)18-19-20(13)11(3)15(21)17-12-9-6-5-8-10(12)2/h5-6,8-9,11H,4,7H2,1-3H3,(H,17,21)(H,22,23). The maximum absolute atomic E-state index is 12.5. The molecule has 23 heavy (non-hydrogen) atoms. The predicted octanol–water partition coefficient (Wildman–Crippen LogP) is 2.44. The second-order valence-electron chi connectivity index (χ2n) is 5.36. The molecule has 1 unspecified atom stereocenters. The molecule has 0 saturated heterocycles. The third-order valence-corrected chi connectivity index (χ3v) is 3.63. The fourth-order valence-corrected chi connectivity index (χ4v) is 2.32. The Hall–Kier alpha value is -2.70. The summed E-state index contributed by atoms with van der Waals surface area (Å²) in [6, 6.07) is 6.80. The summed E-state index contributed by atoms with van der Waals surface area (Å²) in [4.78, 5) is 23.7. The number of para-hydroxylation sites is 1. The summed E-state index contributed by atoms with van der Waals surface area (Å²) < 4.78 is 1.39. The molecule has 2 N–H and O–H groups in total. The fourth-order valence-electron chi connectivity index (χ4n) is 2.32. The van der Waals surface area contributed by atoms with Crippen molar-refractivity contribution < 1.29 is 14.7 Å². The van der Waals surface area contributed by atoms with Crippen LogP contribution in [0.4, 0.5) is 5.69 Å². The zero-order valence-electron chi connectivity index (χ0n) is 13.4. The Bertz CT molecular complexity index is 724. The molecule has 0 bridgehead atoms. The van der Waals surface area contributed by atoms with Gasteiger partial charge in [-0.2, -0.15) is 0 Å². The van der Waals surface area contributed by atoms with Gasteiger partial charge in [-0.3, -0.25) is 4.79 Å². The zero-order valence-corrected chi connectivity index (χ0v) is 13.4. The number of benzene rings is 1. The van der Waals surface area contributed by atoms with Crippen molar-refractivity contribution in [3.8, 4) is 0 Å². The van der Waals surface area contributed by atoms with Gasteiger partial charge in [0.05, 0.1) is 5.69 Å². The second kappa shape index (κ2) is 7.04. The zero-order chi connectivity index (χ0) is 17.0. The highest BCUT2D eigenvalue weighted by Gasteiger charge is 2.25. The third-order valence-electron chi connectivity index (χ3n) is 3.63. The molecule has 0 aliphatic rings. The molecule has 2 aromatic rings. The summed E-state index contributed by atoms with van der Waals surface area (Å²) in [7, 11) is 0. The van der Waals surface area contributed by atoms with Crippen LogP contribution in [0.15, 0.2) is 24.3 Å². The first kappa shape index (κ1) is 16.7. The highest BCUT2D eigenvalue weighted by molar-refractivity contribution is 5.94. The summed E-state index contributed by atoms with van der Waals surface area (Å²) in [5.74, 6) is -1.40. The lowest BCUT2D eigenvalue weighted by atomic mass is 10.1. The maximum atomic E-state index is 12.5. The van der Waals surface area contributed by atoms with Crippen molar-refractivity contribution >= 4 is 17.6 Å². The van der Waals surface area contributed by atoms with Gasteiger partial charge in [-0.25, -0.2) is 9.48 Å². The van der Waals surface area contributed by atoms with Crippen molar-refractivity contribution in [3.63, 3.8) is 0 Å². The van der Waals surface area contributed by atoms with Crippen LogP contribution in [0.2, 0.25) is 0 Å². The number of hydrogen-bond donors (Lipinski definition) is 2. The van der Waals surface area contributed by atoms with Crippen LogP contribution >= 0.6 is 0 Å². The molecule has 1 atom stereocenters. The minimum Gasteiger partial charge on any atom is -0.476 e. The summed E-state index contributed by atoms with van der Waals surface area (Å²) in [5, 5.41) is 19.6. The Balaban J connectivity index is 2.26. The lowest BCUT2D eigenvalue weighted by Gasteiger charge is -2.16. The number of nitrogens with zero attached hydrogens (tertiary/aromatic N) is 3. The Morgan fingerprint density at radius 3 is 2.65 bits per heavy atom. The van der Waals surface area contributed by atoms with Crippen LogP contribution in [0.25, 0.3) is 0 Å². The van der Waals surface area contributed by atoms with Gasteiger partial charge in [0.25, 0.3) is 0 Å². The number of hydrogen-bond acceptors (Lipinski definition) is 4. The van der Waals surface area contributed by atoms with E-state index in [2.05, 4.69) is 15.6 Å². The minimum atomic E-state index is -1.13. The first-order valence-electron chi connectivity index (χ1n) is 7.49. The molecule has 0 saturated carbocycles. The van der Waals surface area contributed by atoms with Gasteiger partial charge in [0.1, 0.15) is 6.04 Å². The molecule has 1 amide bonds. The van der Waals surface area contributed by atoms with Gasteiger partial charge in [0.2, 0.25) is 5.91 Å². The van der Waals surface area contributed by atoms with E-state index in [4.69, 9.17) is 0 Å². The summed E-state index contributed by atoms with van der Waals surface area (Å²) >= 11 is 0. The molecule has 1 aromatic carbocycles. The van der Waals surface area contributed by atoms with Gasteiger partial charge in [0.15, 0.2) is 5.69 Å². The average molecular weight is 316 g/mol. The topological polar surface area (TPSA) is 97.1 Å². The van der Waals surface area contributed by atoms with Gasteiger partial charge in [-0.15, -0.1) is 5.10 Å². The minimum absolute atomic E-state index is 0.0950. The van der Waals surface area contributed by atoms with E-state index in [1.54, 1.807) is 6.92 Å². The van der Waals surface area contributed by atoms with Gasteiger partial charge >= 0.3 is 5.97 Å². The Labute approximate surface area is 134 Å². The summed E-state index contributed by atoms with van der Waals surface area (Å²) in [6.07, 6.45) is 1.23. The Kier molecular flexibility index (Phi) is 5.10. The number of aromatic carboxylic acids is 1. The molecule has 7 nitrogen and oxygen atoms in total. The quantitative estimate of drug-likeness (QED) is 0.853. The molecule has 1 heterocycles. The lowest BCUT2D eigenvalue weighted by molar-refractivity contribution is -0.119. The molecular formula is C16H20N4O3. The first-order chi connectivity index (χ1) is 11.0. The number of nitrogens with one attached hydrogen (secondary N) is 1. The number of carboxylic acids is 1. The number of carbonyl (C=O) groups is 2. The summed E-state index contributed by atoms with van der Waals surface area (Å²) in [5.41, 5.74) is 2.04. The number of rotatable bonds is 6. The van der Waals surface area contributed by atoms with E-state index in [0.717, 1.165) is 17.7 Å². The van der Waals surface area contributed by atoms with Crippen molar-refractivity contribution in [2.75, 3.05) is 5.32 Å². The van der Waals surface area contributed by atoms with E-state index in [-0.39, 0.29) is 11.6 Å². The smallest absolute Gasteiger partial charge is 0.358 e. The third kappa shape index (κ3) is 3.56. The monoisotopic (exact) mass is 316 g/mol. The molecular weight excluding hydrogens is 296 g/mol. The van der Waals surface area contributed by atoms with E-state index < -0.39 is 12.0 Å². The number of carbonyl (C=O) groups excluding carboxylic acids is 1. The molecule has 0 fully saturated rings. The molecule has 0 radical (unpaired) electrons. The van der Waals surface area contributed by atoms with Gasteiger partial charge < -0.3 is 10.4 Å². The van der Waals surface area contributed by atoms with Crippen LogP contribution in [0.3, 0.4) is 0 Å². The number of aromatic nitrogens is 3. The lowest BCUT2D eigenvalue weighted by Crippen LogP contribution is -2.26. The van der Waals surface area contributed by atoms with Crippen LogP contribution in [0.5, 0.6) is 0 Å². The fraction of sp³-hybridized carbons (Fsp3) is 0.375. The van der Waals surface area contributed by atoms with E-state index in [1.807, 2.05) is 38.1 Å². The predicted molar refractivity (Wildman–Crippen MR) is 85.5 cm³/mol. The van der Waals surface area contributed by atoms with Crippen molar-refractivity contribution in [2.45, 2.75) is 39.7 Å². The molecule has 1 aromatic heterocycles. The Morgan fingerprint density at radius 1 is 1.35 bits per heavy atom. The number of aryl methyl sites for hydroxylation is 1. The first-order valence-corrected chi connectivity index (χ1v) is 7.49. The van der Waals surface area contributed by atoms with Crippen molar-refractivity contribution in [3.05, 3.63) is 41.2 Å². The van der Waals surface area contributed by atoms with Gasteiger partial charge in [0, 0.05) is 5.69 Å². The highest BCUT2D eigenvalue weighted by Crippen LogP contribution is 2.18. The normalized spacial score (nSPS) is 12.0. The number of anilines is 1. The van der Waals surface area contributed by atoms with Crippen molar-refractivity contribution in [2.24, 2.45) is 0 Å². The number of carboxylic acid groups (broad SMARTS) is 1. The SMILES string of the molecule is CCCc1c(C(=O)O)nnn1C(C)C(=O)Nc1ccccc1C. The van der Waals surface area contributed by atoms with Crippen molar-refractivity contribution in [1.29, 1.82) is 0 Å². The molecule has 7 heteroatoms. The molecule has 2 rings (SSSR count). The average Bonchev–Trinajstić information content (AvgIpc) is 2.93. The van der Waals surface area contributed by atoms with E-state index in [0.29, 0.717) is 12.1 Å². The maximum Gasteiger partial charge on any atom is 0.358 e. The van der Waals surface area contributed by atoms with Crippen LogP contribution in [-0.4, -0.2) is 32.0 Å². The van der Waals surface area contributed by atoms with Crippen LogP contribution < -0.4 is 5.32 Å². The van der Waals surface area contributed by atoms with Crippen LogP contribution in [0, 0.1) is 6.92 Å². The van der Waals surface area contributed by atoms with Crippen molar-refractivity contribution in [1.82, 2.24) is 15.0 Å². The molecule has 0 aliphatic heterocycles. The van der Waals surface area contributed by atoms with Crippen LogP contribution in [-0.2, 0) is 11.2 Å². The van der Waals surface area contributed by atoms with E-state index in [1.165, 1.54) is 4.68 Å². The van der Waals surface area contributed by atoms with Crippen LogP contribution in [0.1, 0.15) is 48.1 Å². The largest absolute Gasteiger partial charge is 0.476 e. The Morgan fingerprint density at radius 2 is 2.04 bits per heavy atom. The van der Waals surface area contributed by atoms with Gasteiger partial charge in [-0.05, 0) is 31.9 Å². The highest BCUT2D eigenvalue weighted by atomic mass is 16.4. The van der Waals surface area contributed by atoms with E-state index >= 15 is 0 Å². The van der Waals surface area contributed by atoms with Gasteiger partial charge in [-0.1, -0.05) is 36.8 Å². The molecule has 0 aliphatic carbocycles. The molecule has 122 valence electrons. The number of amides is 1.